The van der Waals surface area contributed by atoms with Crippen LogP contribution in [0.15, 0.2) is 24.3 Å². The average molecular weight is 407 g/mol. The predicted octanol–water partition coefficient (Wildman–Crippen LogP) is 6.69. The quantitative estimate of drug-likeness (QED) is 0.164. The number of methoxy groups -OCH3 is 1. The molecule has 0 bridgehead atoms. The fourth-order valence-electron chi connectivity index (χ4n) is 3.42. The van der Waals surface area contributed by atoms with Crippen molar-refractivity contribution < 1.29 is 14.3 Å². The second-order valence-corrected chi connectivity index (χ2v) is 8.63. The number of aldehydes is 1. The van der Waals surface area contributed by atoms with Gasteiger partial charge in [0.25, 0.3) is 0 Å². The number of unbranched alkanes of at least 4 members (excludes halogenated alkanes) is 9. The maximum absolute atomic E-state index is 11.6. The number of carbonyl (C=O) groups excluding carboxylic acids is 2. The standard InChI is InChI=1S/C24H38O3S/c1-3-4-5-6-7-8-9-10-11-12-15-21-16-13-14-17-22(21)23(20-25)28-19-18-24(26)27-2/h13-14,16-17,20,23H,3-12,15,18-19H2,1-2H3. The van der Waals surface area contributed by atoms with Gasteiger partial charge in [0.1, 0.15) is 6.29 Å². The minimum Gasteiger partial charge on any atom is -0.469 e. The van der Waals surface area contributed by atoms with Gasteiger partial charge in [-0.25, -0.2) is 0 Å². The first-order valence-corrected chi connectivity index (χ1v) is 12.0. The lowest BCUT2D eigenvalue weighted by atomic mass is 9.98. The molecule has 1 atom stereocenters. The average Bonchev–Trinajstić information content (AvgIpc) is 2.73. The molecule has 1 aromatic rings. The molecule has 3 nitrogen and oxygen atoms in total. The van der Waals surface area contributed by atoms with Crippen molar-refractivity contribution in [3.63, 3.8) is 0 Å². The Balaban J connectivity index is 2.32. The Morgan fingerprint density at radius 1 is 1.00 bits per heavy atom. The van der Waals surface area contributed by atoms with Gasteiger partial charge in [-0.05, 0) is 24.0 Å². The second kappa shape index (κ2) is 16.6. The fourth-order valence-corrected chi connectivity index (χ4v) is 4.44. The smallest absolute Gasteiger partial charge is 0.306 e. The molecule has 28 heavy (non-hydrogen) atoms. The molecule has 0 aliphatic heterocycles. The summed E-state index contributed by atoms with van der Waals surface area (Å²) in [5.41, 5.74) is 2.37. The third-order valence-electron chi connectivity index (χ3n) is 5.12. The van der Waals surface area contributed by atoms with Crippen LogP contribution in [0.25, 0.3) is 0 Å². The fraction of sp³-hybridized carbons (Fsp3) is 0.667. The highest BCUT2D eigenvalue weighted by atomic mass is 32.2. The van der Waals surface area contributed by atoms with E-state index in [1.165, 1.54) is 88.6 Å². The summed E-state index contributed by atoms with van der Waals surface area (Å²) < 4.78 is 4.67. The molecule has 0 spiro atoms. The zero-order chi connectivity index (χ0) is 20.5. The molecule has 0 heterocycles. The second-order valence-electron chi connectivity index (χ2n) is 7.38. The summed E-state index contributed by atoms with van der Waals surface area (Å²) in [6.07, 6.45) is 15.7. The van der Waals surface area contributed by atoms with Gasteiger partial charge in [0.15, 0.2) is 0 Å². The Morgan fingerprint density at radius 3 is 2.21 bits per heavy atom. The Kier molecular flexibility index (Phi) is 14.7. The maximum atomic E-state index is 11.6. The molecule has 0 radical (unpaired) electrons. The van der Waals surface area contributed by atoms with Gasteiger partial charge < -0.3 is 9.53 Å². The first-order valence-electron chi connectivity index (χ1n) is 10.9. The molecule has 0 fully saturated rings. The maximum Gasteiger partial charge on any atom is 0.306 e. The van der Waals surface area contributed by atoms with Crippen LogP contribution in [-0.4, -0.2) is 25.1 Å². The van der Waals surface area contributed by atoms with Gasteiger partial charge in [0.05, 0.1) is 18.8 Å². The van der Waals surface area contributed by atoms with E-state index in [2.05, 4.69) is 29.9 Å². The summed E-state index contributed by atoms with van der Waals surface area (Å²) in [7, 11) is 1.39. The van der Waals surface area contributed by atoms with E-state index in [1.54, 1.807) is 0 Å². The third-order valence-corrected chi connectivity index (χ3v) is 6.28. The lowest BCUT2D eigenvalue weighted by Crippen LogP contribution is -2.05. The van der Waals surface area contributed by atoms with Crippen LogP contribution in [0, 0.1) is 0 Å². The molecule has 0 aliphatic rings. The van der Waals surface area contributed by atoms with E-state index in [-0.39, 0.29) is 11.2 Å². The summed E-state index contributed by atoms with van der Waals surface area (Å²) in [4.78, 5) is 22.9. The van der Waals surface area contributed by atoms with Crippen molar-refractivity contribution >= 4 is 24.0 Å². The molecular weight excluding hydrogens is 368 g/mol. The molecule has 0 aliphatic carbocycles. The topological polar surface area (TPSA) is 43.4 Å². The molecule has 0 saturated heterocycles. The lowest BCUT2D eigenvalue weighted by molar-refractivity contribution is -0.140. The molecule has 158 valence electrons. The highest BCUT2D eigenvalue weighted by Gasteiger charge is 2.15. The van der Waals surface area contributed by atoms with Crippen molar-refractivity contribution in [3.8, 4) is 0 Å². The van der Waals surface area contributed by atoms with Crippen LogP contribution in [0.1, 0.15) is 93.9 Å². The molecule has 1 unspecified atom stereocenters. The van der Waals surface area contributed by atoms with Gasteiger partial charge in [0, 0.05) is 5.75 Å². The zero-order valence-corrected chi connectivity index (χ0v) is 18.6. The van der Waals surface area contributed by atoms with Crippen molar-refractivity contribution in [1.82, 2.24) is 0 Å². The predicted molar refractivity (Wildman–Crippen MR) is 120 cm³/mol. The van der Waals surface area contributed by atoms with Crippen molar-refractivity contribution in [2.24, 2.45) is 0 Å². The van der Waals surface area contributed by atoms with E-state index in [1.807, 2.05) is 6.07 Å². The summed E-state index contributed by atoms with van der Waals surface area (Å²) in [6.45, 7) is 2.26. The number of aryl methyl sites for hydroxylation is 1. The van der Waals surface area contributed by atoms with E-state index >= 15 is 0 Å². The van der Waals surface area contributed by atoms with Gasteiger partial charge in [0.2, 0.25) is 0 Å². The highest BCUT2D eigenvalue weighted by Crippen LogP contribution is 2.30. The SMILES string of the molecule is CCCCCCCCCCCCc1ccccc1C(C=O)SCCC(=O)OC. The number of rotatable bonds is 17. The molecular formula is C24H38O3S. The van der Waals surface area contributed by atoms with Gasteiger partial charge in [-0.1, -0.05) is 89.0 Å². The Bertz CT molecular complexity index is 544. The minimum atomic E-state index is -0.226. The summed E-state index contributed by atoms with van der Waals surface area (Å²) in [5.74, 6) is 0.374. The molecule has 0 aromatic heterocycles. The van der Waals surface area contributed by atoms with E-state index in [9.17, 15) is 9.59 Å². The number of ether oxygens (including phenoxy) is 1. The van der Waals surface area contributed by atoms with E-state index in [4.69, 9.17) is 0 Å². The molecule has 1 rings (SSSR count). The molecule has 4 heteroatoms. The molecule has 0 saturated carbocycles. The monoisotopic (exact) mass is 406 g/mol. The van der Waals surface area contributed by atoms with Crippen LogP contribution in [0.4, 0.5) is 0 Å². The van der Waals surface area contributed by atoms with Crippen LogP contribution in [0.5, 0.6) is 0 Å². The van der Waals surface area contributed by atoms with Gasteiger partial charge >= 0.3 is 5.97 Å². The van der Waals surface area contributed by atoms with Gasteiger partial charge in [-0.15, -0.1) is 11.8 Å². The lowest BCUT2D eigenvalue weighted by Gasteiger charge is -2.15. The number of benzene rings is 1. The van der Waals surface area contributed by atoms with Gasteiger partial charge in [-0.3, -0.25) is 4.79 Å². The third kappa shape index (κ3) is 10.9. The van der Waals surface area contributed by atoms with Crippen LogP contribution in [0.2, 0.25) is 0 Å². The first-order chi connectivity index (χ1) is 13.7. The number of thioether (sulfide) groups is 1. The first kappa shape index (κ1) is 24.7. The van der Waals surface area contributed by atoms with Crippen molar-refractivity contribution in [3.05, 3.63) is 35.4 Å². The largest absolute Gasteiger partial charge is 0.469 e. The van der Waals surface area contributed by atoms with Crippen molar-refractivity contribution in [2.75, 3.05) is 12.9 Å². The van der Waals surface area contributed by atoms with E-state index in [0.717, 1.165) is 18.3 Å². The highest BCUT2D eigenvalue weighted by molar-refractivity contribution is 8.00. The number of hydrogen-bond acceptors (Lipinski definition) is 4. The zero-order valence-electron chi connectivity index (χ0n) is 17.8. The molecule has 0 amide bonds. The summed E-state index contributed by atoms with van der Waals surface area (Å²) >= 11 is 1.52. The van der Waals surface area contributed by atoms with Crippen LogP contribution >= 0.6 is 11.8 Å². The number of carbonyl (C=O) groups is 2. The Hall–Kier alpha value is -1.29. The number of esters is 1. The van der Waals surface area contributed by atoms with Crippen molar-refractivity contribution in [1.29, 1.82) is 0 Å². The minimum absolute atomic E-state index is 0.205. The normalized spacial score (nSPS) is 11.9. The van der Waals surface area contributed by atoms with Gasteiger partial charge in [-0.2, -0.15) is 0 Å². The molecule has 0 N–H and O–H groups in total. The van der Waals surface area contributed by atoms with Crippen LogP contribution < -0.4 is 0 Å². The Morgan fingerprint density at radius 2 is 1.61 bits per heavy atom. The molecule has 1 aromatic carbocycles. The van der Waals surface area contributed by atoms with E-state index < -0.39 is 0 Å². The number of hydrogen-bond donors (Lipinski definition) is 0. The van der Waals surface area contributed by atoms with Crippen LogP contribution in [0.3, 0.4) is 0 Å². The Labute approximate surface area is 176 Å². The summed E-state index contributed by atoms with van der Waals surface area (Å²) in [6, 6.07) is 8.24. The van der Waals surface area contributed by atoms with Crippen molar-refractivity contribution in [2.45, 2.75) is 89.2 Å². The van der Waals surface area contributed by atoms with Crippen LogP contribution in [-0.2, 0) is 20.7 Å². The van der Waals surface area contributed by atoms with E-state index in [0.29, 0.717) is 12.2 Å². The summed E-state index contributed by atoms with van der Waals surface area (Å²) in [5, 5.41) is -0.205.